The molecule has 0 saturated heterocycles. The molecule has 0 aliphatic carbocycles. The van der Waals surface area contributed by atoms with E-state index in [2.05, 4.69) is 4.74 Å². The summed E-state index contributed by atoms with van der Waals surface area (Å²) in [7, 11) is 0. The molecular weight excluding hydrogens is 277 g/mol. The molecule has 0 atom stereocenters. The second-order valence-electron chi connectivity index (χ2n) is 3.89. The van der Waals surface area contributed by atoms with Gasteiger partial charge in [0.15, 0.2) is 13.1 Å². The second kappa shape index (κ2) is 7.74. The zero-order valence-corrected chi connectivity index (χ0v) is 10.9. The van der Waals surface area contributed by atoms with Gasteiger partial charge in [-0.1, -0.05) is 6.92 Å². The monoisotopic (exact) mass is 292 g/mol. The van der Waals surface area contributed by atoms with Gasteiger partial charge in [0, 0.05) is 6.07 Å². The Labute approximate surface area is 114 Å². The maximum absolute atomic E-state index is 11.9. The van der Waals surface area contributed by atoms with Crippen LogP contribution in [-0.2, 0) is 4.74 Å². The highest BCUT2D eigenvalue weighted by Gasteiger charge is 2.27. The van der Waals surface area contributed by atoms with Gasteiger partial charge in [0.2, 0.25) is 0 Å². The van der Waals surface area contributed by atoms with Crippen LogP contribution in [0.3, 0.4) is 0 Å². The number of halogens is 3. The number of aldehydes is 1. The molecule has 0 spiro atoms. The van der Waals surface area contributed by atoms with Crippen molar-refractivity contribution in [3.63, 3.8) is 0 Å². The van der Waals surface area contributed by atoms with Crippen molar-refractivity contribution in [1.82, 2.24) is 0 Å². The summed E-state index contributed by atoms with van der Waals surface area (Å²) >= 11 is 0. The summed E-state index contributed by atoms with van der Waals surface area (Å²) < 4.78 is 50.3. The summed E-state index contributed by atoms with van der Waals surface area (Å²) in [5, 5.41) is 0. The Bertz CT molecular complexity index is 432. The Kier molecular flexibility index (Phi) is 6.30. The van der Waals surface area contributed by atoms with Crippen molar-refractivity contribution in [1.29, 1.82) is 0 Å². The highest BCUT2D eigenvalue weighted by atomic mass is 19.4. The molecule has 0 aliphatic heterocycles. The Balaban J connectivity index is 2.59. The molecule has 1 aromatic carbocycles. The van der Waals surface area contributed by atoms with Crippen LogP contribution >= 0.6 is 0 Å². The number of hydrogen-bond donors (Lipinski definition) is 0. The molecule has 0 fully saturated rings. The van der Waals surface area contributed by atoms with Crippen molar-refractivity contribution >= 4 is 6.29 Å². The molecule has 0 radical (unpaired) electrons. The van der Waals surface area contributed by atoms with E-state index >= 15 is 0 Å². The number of alkyl halides is 3. The summed E-state index contributed by atoms with van der Waals surface area (Å²) in [6.07, 6.45) is -3.06. The SMILES string of the molecule is CCCOc1ccc(C=O)c(OCOCC(F)(F)F)c1. The molecule has 7 heteroatoms. The van der Waals surface area contributed by atoms with E-state index in [9.17, 15) is 18.0 Å². The largest absolute Gasteiger partial charge is 0.493 e. The van der Waals surface area contributed by atoms with Crippen LogP contribution in [0.15, 0.2) is 18.2 Å². The summed E-state index contributed by atoms with van der Waals surface area (Å²) in [6, 6.07) is 4.50. The van der Waals surface area contributed by atoms with E-state index < -0.39 is 19.6 Å². The van der Waals surface area contributed by atoms with Crippen LogP contribution in [0, 0.1) is 0 Å². The van der Waals surface area contributed by atoms with Crippen molar-refractivity contribution in [3.8, 4) is 11.5 Å². The van der Waals surface area contributed by atoms with Crippen LogP contribution in [0.4, 0.5) is 13.2 Å². The Morgan fingerprint density at radius 1 is 1.25 bits per heavy atom. The quantitative estimate of drug-likeness (QED) is 0.419. The van der Waals surface area contributed by atoms with E-state index in [1.807, 2.05) is 6.92 Å². The second-order valence-corrected chi connectivity index (χ2v) is 3.89. The van der Waals surface area contributed by atoms with Crippen LogP contribution in [-0.4, -0.2) is 32.5 Å². The first-order valence-electron chi connectivity index (χ1n) is 5.95. The maximum Gasteiger partial charge on any atom is 0.411 e. The third-order valence-electron chi connectivity index (χ3n) is 2.15. The Hall–Kier alpha value is -1.76. The van der Waals surface area contributed by atoms with E-state index in [0.717, 1.165) is 6.42 Å². The number of ether oxygens (including phenoxy) is 3. The normalized spacial score (nSPS) is 11.2. The lowest BCUT2D eigenvalue weighted by atomic mass is 10.2. The highest BCUT2D eigenvalue weighted by Crippen LogP contribution is 2.24. The molecule has 0 bridgehead atoms. The van der Waals surface area contributed by atoms with Crippen LogP contribution in [0.1, 0.15) is 23.7 Å². The number of hydrogen-bond acceptors (Lipinski definition) is 4. The first kappa shape index (κ1) is 16.3. The molecule has 0 heterocycles. The van der Waals surface area contributed by atoms with Crippen LogP contribution < -0.4 is 9.47 Å². The van der Waals surface area contributed by atoms with Crippen LogP contribution in [0.25, 0.3) is 0 Å². The fraction of sp³-hybridized carbons (Fsp3) is 0.462. The Morgan fingerprint density at radius 3 is 2.60 bits per heavy atom. The van der Waals surface area contributed by atoms with E-state index in [1.165, 1.54) is 12.1 Å². The van der Waals surface area contributed by atoms with E-state index in [-0.39, 0.29) is 11.3 Å². The molecular formula is C13H15F3O4. The zero-order chi connectivity index (χ0) is 15.0. The van der Waals surface area contributed by atoms with Gasteiger partial charge in [-0.15, -0.1) is 0 Å². The lowest BCUT2D eigenvalue weighted by molar-refractivity contribution is -0.186. The third-order valence-corrected chi connectivity index (χ3v) is 2.15. The summed E-state index contributed by atoms with van der Waals surface area (Å²) in [5.74, 6) is 0.596. The molecule has 0 N–H and O–H groups in total. The number of carbonyl (C=O) groups excluding carboxylic acids is 1. The van der Waals surface area contributed by atoms with E-state index in [1.54, 1.807) is 6.07 Å². The van der Waals surface area contributed by atoms with Crippen molar-refractivity contribution in [3.05, 3.63) is 23.8 Å². The lowest BCUT2D eigenvalue weighted by Gasteiger charge is -2.12. The molecule has 0 unspecified atom stereocenters. The average Bonchev–Trinajstić information content (AvgIpc) is 2.40. The molecule has 4 nitrogen and oxygen atoms in total. The molecule has 1 rings (SSSR count). The first-order chi connectivity index (χ1) is 9.46. The topological polar surface area (TPSA) is 44.8 Å². The predicted octanol–water partition coefficient (Wildman–Crippen LogP) is 3.20. The van der Waals surface area contributed by atoms with Crippen molar-refractivity contribution in [2.45, 2.75) is 19.5 Å². The van der Waals surface area contributed by atoms with E-state index in [0.29, 0.717) is 18.6 Å². The van der Waals surface area contributed by atoms with Gasteiger partial charge in [-0.05, 0) is 18.6 Å². The highest BCUT2D eigenvalue weighted by molar-refractivity contribution is 5.79. The molecule has 0 amide bonds. The van der Waals surface area contributed by atoms with Gasteiger partial charge in [-0.25, -0.2) is 0 Å². The third kappa shape index (κ3) is 5.92. The van der Waals surface area contributed by atoms with Gasteiger partial charge in [0.1, 0.15) is 18.1 Å². The molecule has 1 aromatic rings. The van der Waals surface area contributed by atoms with Gasteiger partial charge in [0.05, 0.1) is 12.2 Å². The summed E-state index contributed by atoms with van der Waals surface area (Å²) in [5.41, 5.74) is 0.212. The van der Waals surface area contributed by atoms with Gasteiger partial charge < -0.3 is 14.2 Å². The molecule has 0 aromatic heterocycles. The smallest absolute Gasteiger partial charge is 0.411 e. The molecule has 20 heavy (non-hydrogen) atoms. The minimum Gasteiger partial charge on any atom is -0.493 e. The summed E-state index contributed by atoms with van der Waals surface area (Å²) in [6.45, 7) is 0.416. The maximum atomic E-state index is 11.9. The average molecular weight is 292 g/mol. The van der Waals surface area contributed by atoms with Gasteiger partial charge in [-0.3, -0.25) is 4.79 Å². The molecule has 0 saturated carbocycles. The predicted molar refractivity (Wildman–Crippen MR) is 65.1 cm³/mol. The lowest BCUT2D eigenvalue weighted by Crippen LogP contribution is -2.19. The van der Waals surface area contributed by atoms with Crippen LogP contribution in [0.5, 0.6) is 11.5 Å². The van der Waals surface area contributed by atoms with Crippen molar-refractivity contribution < 1.29 is 32.2 Å². The van der Waals surface area contributed by atoms with Crippen LogP contribution in [0.2, 0.25) is 0 Å². The fourth-order valence-electron chi connectivity index (χ4n) is 1.31. The van der Waals surface area contributed by atoms with Gasteiger partial charge in [0.25, 0.3) is 0 Å². The zero-order valence-electron chi connectivity index (χ0n) is 10.9. The standard InChI is InChI=1S/C13H15F3O4/c1-2-5-19-11-4-3-10(7-17)12(6-11)20-9-18-8-13(14,15)16/h3-4,6-7H,2,5,8-9H2,1H3. The Morgan fingerprint density at radius 2 is 2.00 bits per heavy atom. The first-order valence-corrected chi connectivity index (χ1v) is 5.95. The minimum atomic E-state index is -4.41. The number of rotatable bonds is 8. The fourth-order valence-corrected chi connectivity index (χ4v) is 1.31. The van der Waals surface area contributed by atoms with Crippen molar-refractivity contribution in [2.24, 2.45) is 0 Å². The van der Waals surface area contributed by atoms with Gasteiger partial charge in [-0.2, -0.15) is 13.2 Å². The minimum absolute atomic E-state index is 0.121. The van der Waals surface area contributed by atoms with Gasteiger partial charge >= 0.3 is 6.18 Å². The van der Waals surface area contributed by atoms with E-state index in [4.69, 9.17) is 9.47 Å². The molecule has 0 aliphatic rings. The molecule has 112 valence electrons. The number of benzene rings is 1. The summed E-state index contributed by atoms with van der Waals surface area (Å²) in [4.78, 5) is 10.8. The number of carbonyl (C=O) groups is 1. The van der Waals surface area contributed by atoms with Crippen molar-refractivity contribution in [2.75, 3.05) is 20.0 Å².